The van der Waals surface area contributed by atoms with Crippen LogP contribution in [0.15, 0.2) is 146 Å². The van der Waals surface area contributed by atoms with Crippen LogP contribution in [0.1, 0.15) is 12.0 Å². The topological polar surface area (TPSA) is 23.9 Å². The van der Waals surface area contributed by atoms with Crippen LogP contribution < -0.4 is 0 Å². The third-order valence-electron chi connectivity index (χ3n) is 8.40. The minimum Gasteiger partial charge on any atom is -0.305 e. The molecule has 0 atom stereocenters. The van der Waals surface area contributed by atoms with Crippen LogP contribution in [0, 0.1) is 5.41 Å². The summed E-state index contributed by atoms with van der Waals surface area (Å²) in [4.78, 5) is 0. The third kappa shape index (κ3) is 3.98. The van der Waals surface area contributed by atoms with Gasteiger partial charge < -0.3 is 5.41 Å². The molecule has 0 radical (unpaired) electrons. The van der Waals surface area contributed by atoms with E-state index in [0.29, 0.717) is 12.1 Å². The van der Waals surface area contributed by atoms with Crippen molar-refractivity contribution < 1.29 is 0 Å². The lowest BCUT2D eigenvalue weighted by Gasteiger charge is -2.19. The molecule has 7 aromatic rings. The third-order valence-corrected chi connectivity index (χ3v) is 8.40. The number of nitrogens with one attached hydrogen (secondary N) is 1. The van der Waals surface area contributed by atoms with E-state index in [-0.39, 0.29) is 0 Å². The lowest BCUT2D eigenvalue weighted by Crippen LogP contribution is -1.97. The molecule has 1 aliphatic rings. The summed E-state index contributed by atoms with van der Waals surface area (Å²) >= 11 is 0. The number of allylic oxidation sites excluding steroid dienone is 4. The standard InChI is InChI=1S/C40H27N/c41-34-13-7-12-30(24-34)31-20-21-37-38(25-31)40(33-19-17-27-9-2-4-11-29(27)23-33)36-15-6-5-14-35(36)39(37)32-18-16-26-8-1-3-10-28(26)22-32/h1-12,14-25,41H,13H2. The van der Waals surface area contributed by atoms with Crippen LogP contribution in [-0.4, -0.2) is 5.71 Å². The van der Waals surface area contributed by atoms with E-state index >= 15 is 0 Å². The molecule has 0 spiro atoms. The van der Waals surface area contributed by atoms with Crippen molar-refractivity contribution in [3.63, 3.8) is 0 Å². The van der Waals surface area contributed by atoms with Crippen molar-refractivity contribution in [3.05, 3.63) is 151 Å². The Hall–Kier alpha value is -5.27. The van der Waals surface area contributed by atoms with Gasteiger partial charge in [-0.2, -0.15) is 0 Å². The fraction of sp³-hybridized carbons (Fsp3) is 0.0250. The molecule has 0 aliphatic heterocycles. The first-order chi connectivity index (χ1) is 20.2. The Kier molecular flexibility index (Phi) is 5.43. The van der Waals surface area contributed by atoms with Crippen LogP contribution in [0.4, 0.5) is 0 Å². The molecule has 1 nitrogen and oxygen atoms in total. The Morgan fingerprint density at radius 3 is 1.56 bits per heavy atom. The van der Waals surface area contributed by atoms with Gasteiger partial charge in [-0.25, -0.2) is 0 Å². The average molecular weight is 522 g/mol. The number of hydrogen-bond donors (Lipinski definition) is 1. The molecule has 192 valence electrons. The molecule has 0 amide bonds. The molecule has 0 fully saturated rings. The first-order valence-electron chi connectivity index (χ1n) is 14.2. The minimum atomic E-state index is 0.646. The zero-order valence-corrected chi connectivity index (χ0v) is 22.6. The highest BCUT2D eigenvalue weighted by Gasteiger charge is 2.18. The summed E-state index contributed by atoms with van der Waals surface area (Å²) in [5.74, 6) is 0. The summed E-state index contributed by atoms with van der Waals surface area (Å²) < 4.78 is 0. The molecule has 41 heavy (non-hydrogen) atoms. The van der Waals surface area contributed by atoms with Gasteiger partial charge in [-0.1, -0.05) is 121 Å². The Labute approximate surface area is 239 Å². The quantitative estimate of drug-likeness (QED) is 0.224. The molecular weight excluding hydrogens is 494 g/mol. The zero-order chi connectivity index (χ0) is 27.3. The highest BCUT2D eigenvalue weighted by molar-refractivity contribution is 6.22. The van der Waals surface area contributed by atoms with Gasteiger partial charge in [0.15, 0.2) is 0 Å². The minimum absolute atomic E-state index is 0.646. The lowest BCUT2D eigenvalue weighted by molar-refractivity contribution is 1.37. The fourth-order valence-electron chi connectivity index (χ4n) is 6.46. The van der Waals surface area contributed by atoms with Crippen LogP contribution >= 0.6 is 0 Å². The molecule has 0 aromatic heterocycles. The van der Waals surface area contributed by atoms with Gasteiger partial charge in [-0.15, -0.1) is 0 Å². The molecule has 1 aliphatic carbocycles. The SMILES string of the molecule is N=C1C=C(c2ccc3c(-c4ccc5ccccc5c4)c4ccccc4c(-c4ccc5ccccc5c4)c3c2)C=CC1. The van der Waals surface area contributed by atoms with Gasteiger partial charge in [0.1, 0.15) is 0 Å². The number of hydrogen-bond acceptors (Lipinski definition) is 1. The van der Waals surface area contributed by atoms with Crippen LogP contribution in [-0.2, 0) is 0 Å². The highest BCUT2D eigenvalue weighted by Crippen LogP contribution is 2.45. The Balaban J connectivity index is 1.50. The second-order valence-electron chi connectivity index (χ2n) is 10.9. The van der Waals surface area contributed by atoms with Crippen molar-refractivity contribution in [2.45, 2.75) is 6.42 Å². The first-order valence-corrected chi connectivity index (χ1v) is 14.2. The number of rotatable bonds is 3. The summed E-state index contributed by atoms with van der Waals surface area (Å²) in [6.07, 6.45) is 6.94. The predicted molar refractivity (Wildman–Crippen MR) is 177 cm³/mol. The van der Waals surface area contributed by atoms with E-state index in [4.69, 9.17) is 5.41 Å². The molecule has 0 bridgehead atoms. The van der Waals surface area contributed by atoms with Crippen molar-refractivity contribution in [1.29, 1.82) is 5.41 Å². The molecule has 8 rings (SSSR count). The molecule has 0 saturated heterocycles. The monoisotopic (exact) mass is 521 g/mol. The smallest absolute Gasteiger partial charge is 0.0357 e. The normalized spacial score (nSPS) is 13.4. The van der Waals surface area contributed by atoms with E-state index in [1.807, 2.05) is 6.08 Å². The molecule has 0 heterocycles. The van der Waals surface area contributed by atoms with Gasteiger partial charge in [0, 0.05) is 12.1 Å². The lowest BCUT2D eigenvalue weighted by atomic mass is 9.84. The Morgan fingerprint density at radius 1 is 0.439 bits per heavy atom. The van der Waals surface area contributed by atoms with Crippen LogP contribution in [0.2, 0.25) is 0 Å². The van der Waals surface area contributed by atoms with Crippen molar-refractivity contribution in [3.8, 4) is 22.3 Å². The maximum Gasteiger partial charge on any atom is 0.0357 e. The van der Waals surface area contributed by atoms with E-state index in [2.05, 4.69) is 140 Å². The maximum absolute atomic E-state index is 8.28. The van der Waals surface area contributed by atoms with E-state index in [1.165, 1.54) is 65.3 Å². The summed E-state index contributed by atoms with van der Waals surface area (Å²) in [7, 11) is 0. The number of benzene rings is 7. The van der Waals surface area contributed by atoms with Crippen LogP contribution in [0.5, 0.6) is 0 Å². The van der Waals surface area contributed by atoms with Gasteiger partial charge in [0.25, 0.3) is 0 Å². The van der Waals surface area contributed by atoms with Crippen molar-refractivity contribution in [2.24, 2.45) is 0 Å². The van der Waals surface area contributed by atoms with Gasteiger partial charge in [-0.05, 0) is 101 Å². The van der Waals surface area contributed by atoms with Crippen molar-refractivity contribution in [2.75, 3.05) is 0 Å². The highest BCUT2D eigenvalue weighted by atomic mass is 14.4. The fourth-order valence-corrected chi connectivity index (χ4v) is 6.46. The Bertz CT molecular complexity index is 2250. The van der Waals surface area contributed by atoms with Crippen LogP contribution in [0.25, 0.3) is 70.9 Å². The molecule has 0 unspecified atom stereocenters. The Morgan fingerprint density at radius 2 is 0.951 bits per heavy atom. The molecule has 1 N–H and O–H groups in total. The van der Waals surface area contributed by atoms with E-state index in [1.54, 1.807) is 0 Å². The van der Waals surface area contributed by atoms with Crippen molar-refractivity contribution >= 4 is 54.4 Å². The van der Waals surface area contributed by atoms with Gasteiger partial charge in [0.05, 0.1) is 0 Å². The van der Waals surface area contributed by atoms with Crippen LogP contribution in [0.3, 0.4) is 0 Å². The molecule has 1 heteroatoms. The summed E-state index contributed by atoms with van der Waals surface area (Å²) in [5, 5.41) is 18.2. The van der Waals surface area contributed by atoms with Crippen molar-refractivity contribution in [1.82, 2.24) is 0 Å². The van der Waals surface area contributed by atoms with Gasteiger partial charge >= 0.3 is 0 Å². The average Bonchev–Trinajstić information content (AvgIpc) is 3.03. The van der Waals surface area contributed by atoms with E-state index in [0.717, 1.165) is 11.1 Å². The second-order valence-corrected chi connectivity index (χ2v) is 10.9. The summed E-state index contributed by atoms with van der Waals surface area (Å²) in [6.45, 7) is 0. The first kappa shape index (κ1) is 23.6. The van der Waals surface area contributed by atoms with Gasteiger partial charge in [0.2, 0.25) is 0 Å². The second kappa shape index (κ2) is 9.43. The number of fused-ring (bicyclic) bond motifs is 4. The maximum atomic E-state index is 8.28. The molecule has 7 aromatic carbocycles. The molecular formula is C40H27N. The zero-order valence-electron chi connectivity index (χ0n) is 22.6. The summed E-state index contributed by atoms with van der Waals surface area (Å²) in [6, 6.07) is 46.5. The molecule has 0 saturated carbocycles. The van der Waals surface area contributed by atoms with E-state index < -0.39 is 0 Å². The van der Waals surface area contributed by atoms with E-state index in [9.17, 15) is 0 Å². The summed E-state index contributed by atoms with van der Waals surface area (Å²) in [5.41, 5.74) is 7.83. The predicted octanol–water partition coefficient (Wildman–Crippen LogP) is 11.0. The van der Waals surface area contributed by atoms with Gasteiger partial charge in [-0.3, -0.25) is 0 Å². The largest absolute Gasteiger partial charge is 0.305 e.